The van der Waals surface area contributed by atoms with Gasteiger partial charge in [-0.3, -0.25) is 4.79 Å². The number of thiophene rings is 1. The van der Waals surface area contributed by atoms with E-state index in [0.29, 0.717) is 29.4 Å². The summed E-state index contributed by atoms with van der Waals surface area (Å²) in [6.45, 7) is 0.406. The molecule has 0 saturated carbocycles. The molecule has 2 rings (SSSR count). The third-order valence-electron chi connectivity index (χ3n) is 2.60. The number of carbonyl (C=O) groups excluding carboxylic acids is 1. The van der Waals surface area contributed by atoms with Gasteiger partial charge >= 0.3 is 0 Å². The molecule has 0 bridgehead atoms. The molecule has 0 radical (unpaired) electrons. The Labute approximate surface area is 129 Å². The zero-order valence-electron chi connectivity index (χ0n) is 11.0. The van der Waals surface area contributed by atoms with Crippen LogP contribution in [0, 0.1) is 0 Å². The molecule has 0 aliphatic rings. The highest BCUT2D eigenvalue weighted by molar-refractivity contribution is 9.10. The van der Waals surface area contributed by atoms with E-state index in [-0.39, 0.29) is 0 Å². The fraction of sp³-hybridized carbons (Fsp3) is 0.214. The largest absolute Gasteiger partial charge is 0.493 e. The van der Waals surface area contributed by atoms with Gasteiger partial charge in [-0.05, 0) is 34.1 Å². The van der Waals surface area contributed by atoms with E-state index in [1.165, 1.54) is 14.2 Å². The van der Waals surface area contributed by atoms with Gasteiger partial charge in [0.2, 0.25) is 5.75 Å². The number of hydrogen-bond donors (Lipinski definition) is 0. The molecule has 1 heterocycles. The number of ether oxygens (including phenoxy) is 3. The Morgan fingerprint density at radius 2 is 1.85 bits per heavy atom. The molecule has 0 saturated heterocycles. The van der Waals surface area contributed by atoms with E-state index in [0.717, 1.165) is 15.6 Å². The minimum atomic E-state index is 0.406. The van der Waals surface area contributed by atoms with Crippen molar-refractivity contribution in [3.05, 3.63) is 38.5 Å². The van der Waals surface area contributed by atoms with E-state index in [4.69, 9.17) is 14.2 Å². The Morgan fingerprint density at radius 1 is 1.20 bits per heavy atom. The third kappa shape index (κ3) is 3.32. The van der Waals surface area contributed by atoms with Crippen LogP contribution in [-0.2, 0) is 6.61 Å². The molecule has 0 unspecified atom stereocenters. The normalized spacial score (nSPS) is 10.2. The highest BCUT2D eigenvalue weighted by Crippen LogP contribution is 2.39. The minimum Gasteiger partial charge on any atom is -0.493 e. The highest BCUT2D eigenvalue weighted by Gasteiger charge is 2.14. The molecule has 0 fully saturated rings. The van der Waals surface area contributed by atoms with Gasteiger partial charge in [-0.1, -0.05) is 0 Å². The summed E-state index contributed by atoms with van der Waals surface area (Å²) in [6, 6.07) is 5.23. The molecular formula is C14H13BrO4S. The number of aldehydes is 1. The van der Waals surface area contributed by atoms with Gasteiger partial charge in [-0.2, -0.15) is 0 Å². The summed E-state index contributed by atoms with van der Waals surface area (Å²) < 4.78 is 17.3. The third-order valence-corrected chi connectivity index (χ3v) is 4.27. The first-order chi connectivity index (χ1) is 9.67. The number of benzene rings is 1. The summed E-state index contributed by atoms with van der Waals surface area (Å²) in [5.41, 5.74) is 0.477. The van der Waals surface area contributed by atoms with Gasteiger partial charge in [0.1, 0.15) is 12.9 Å². The lowest BCUT2D eigenvalue weighted by molar-refractivity contribution is 0.112. The van der Waals surface area contributed by atoms with Crippen LogP contribution >= 0.6 is 27.3 Å². The summed E-state index contributed by atoms with van der Waals surface area (Å²) in [4.78, 5) is 12.0. The fourth-order valence-corrected chi connectivity index (χ4v) is 3.05. The first-order valence-corrected chi connectivity index (χ1v) is 7.42. The van der Waals surface area contributed by atoms with Crippen LogP contribution in [0.4, 0.5) is 0 Å². The maximum Gasteiger partial charge on any atom is 0.203 e. The number of halogens is 1. The zero-order valence-corrected chi connectivity index (χ0v) is 13.4. The average Bonchev–Trinajstić information content (AvgIpc) is 2.89. The Balaban J connectivity index is 2.27. The standard InChI is InChI=1S/C14H13BrO4S/c1-17-12-3-9(6-16)4-13(18-2)14(12)19-7-11-5-10(15)8-20-11/h3-6,8H,7H2,1-2H3. The molecule has 1 aromatic heterocycles. The Bertz CT molecular complexity index is 584. The Hall–Kier alpha value is -1.53. The number of methoxy groups -OCH3 is 2. The molecule has 2 aromatic rings. The summed E-state index contributed by atoms with van der Waals surface area (Å²) in [6.07, 6.45) is 0.741. The average molecular weight is 357 g/mol. The second-order valence-electron chi connectivity index (χ2n) is 3.89. The molecule has 0 aliphatic carbocycles. The van der Waals surface area contributed by atoms with E-state index < -0.39 is 0 Å². The van der Waals surface area contributed by atoms with E-state index in [1.807, 2.05) is 11.4 Å². The van der Waals surface area contributed by atoms with Crippen molar-refractivity contribution in [3.63, 3.8) is 0 Å². The number of hydrogen-bond acceptors (Lipinski definition) is 5. The van der Waals surface area contributed by atoms with Crippen LogP contribution in [0.5, 0.6) is 17.2 Å². The van der Waals surface area contributed by atoms with Crippen LogP contribution in [0.1, 0.15) is 15.2 Å². The van der Waals surface area contributed by atoms with Gasteiger partial charge in [0.15, 0.2) is 11.5 Å². The van der Waals surface area contributed by atoms with Gasteiger partial charge in [0.05, 0.1) is 14.2 Å². The topological polar surface area (TPSA) is 44.8 Å². The van der Waals surface area contributed by atoms with Crippen molar-refractivity contribution in [2.45, 2.75) is 6.61 Å². The van der Waals surface area contributed by atoms with E-state index in [1.54, 1.807) is 23.5 Å². The predicted molar refractivity (Wildman–Crippen MR) is 81.3 cm³/mol. The van der Waals surface area contributed by atoms with Crippen LogP contribution < -0.4 is 14.2 Å². The van der Waals surface area contributed by atoms with Crippen molar-refractivity contribution in [3.8, 4) is 17.2 Å². The monoisotopic (exact) mass is 356 g/mol. The molecule has 106 valence electrons. The molecule has 0 spiro atoms. The second-order valence-corrected chi connectivity index (χ2v) is 5.80. The lowest BCUT2D eigenvalue weighted by Crippen LogP contribution is -2.00. The lowest BCUT2D eigenvalue weighted by Gasteiger charge is -2.14. The second kappa shape index (κ2) is 6.76. The van der Waals surface area contributed by atoms with Crippen LogP contribution in [0.15, 0.2) is 28.1 Å². The van der Waals surface area contributed by atoms with Gasteiger partial charge in [-0.25, -0.2) is 0 Å². The molecule has 20 heavy (non-hydrogen) atoms. The molecular weight excluding hydrogens is 344 g/mol. The van der Waals surface area contributed by atoms with Crippen LogP contribution in [0.3, 0.4) is 0 Å². The van der Waals surface area contributed by atoms with Crippen LogP contribution in [0.25, 0.3) is 0 Å². The lowest BCUT2D eigenvalue weighted by atomic mass is 10.2. The van der Waals surface area contributed by atoms with Crippen molar-refractivity contribution in [1.29, 1.82) is 0 Å². The maximum absolute atomic E-state index is 10.9. The van der Waals surface area contributed by atoms with Gasteiger partial charge < -0.3 is 14.2 Å². The number of carbonyl (C=O) groups is 1. The Kier molecular flexibility index (Phi) is 5.03. The van der Waals surface area contributed by atoms with Crippen molar-refractivity contribution in [2.75, 3.05) is 14.2 Å². The summed E-state index contributed by atoms with van der Waals surface area (Å²) in [5, 5.41) is 1.99. The smallest absolute Gasteiger partial charge is 0.203 e. The van der Waals surface area contributed by atoms with Crippen molar-refractivity contribution >= 4 is 33.6 Å². The van der Waals surface area contributed by atoms with Crippen LogP contribution in [0.2, 0.25) is 0 Å². The van der Waals surface area contributed by atoms with E-state index >= 15 is 0 Å². The zero-order chi connectivity index (χ0) is 14.5. The van der Waals surface area contributed by atoms with Gasteiger partial charge in [0.25, 0.3) is 0 Å². The first-order valence-electron chi connectivity index (χ1n) is 5.75. The summed E-state index contributed by atoms with van der Waals surface area (Å²) in [7, 11) is 3.05. The minimum absolute atomic E-state index is 0.406. The van der Waals surface area contributed by atoms with Crippen LogP contribution in [-0.4, -0.2) is 20.5 Å². The molecule has 0 aliphatic heterocycles. The summed E-state index contributed by atoms with van der Waals surface area (Å²) >= 11 is 4.99. The molecule has 0 N–H and O–H groups in total. The van der Waals surface area contributed by atoms with Crippen molar-refractivity contribution in [1.82, 2.24) is 0 Å². The quantitative estimate of drug-likeness (QED) is 0.735. The fourth-order valence-electron chi connectivity index (χ4n) is 1.68. The van der Waals surface area contributed by atoms with Crippen molar-refractivity contribution < 1.29 is 19.0 Å². The Morgan fingerprint density at radius 3 is 2.30 bits per heavy atom. The van der Waals surface area contributed by atoms with Gasteiger partial charge in [0, 0.05) is 20.3 Å². The SMILES string of the molecule is COc1cc(C=O)cc(OC)c1OCc1cc(Br)cs1. The molecule has 0 amide bonds. The van der Waals surface area contributed by atoms with E-state index in [9.17, 15) is 4.79 Å². The molecule has 6 heteroatoms. The molecule has 0 atom stereocenters. The molecule has 1 aromatic carbocycles. The maximum atomic E-state index is 10.9. The predicted octanol–water partition coefficient (Wildman–Crippen LogP) is 3.92. The van der Waals surface area contributed by atoms with Gasteiger partial charge in [-0.15, -0.1) is 11.3 Å². The highest BCUT2D eigenvalue weighted by atomic mass is 79.9. The van der Waals surface area contributed by atoms with E-state index in [2.05, 4.69) is 15.9 Å². The first kappa shape index (κ1) is 14.9. The molecule has 4 nitrogen and oxygen atoms in total. The number of rotatable bonds is 6. The summed E-state index contributed by atoms with van der Waals surface area (Å²) in [5.74, 6) is 1.44. The van der Waals surface area contributed by atoms with Crippen molar-refractivity contribution in [2.24, 2.45) is 0 Å².